The van der Waals surface area contributed by atoms with Crippen molar-refractivity contribution in [3.63, 3.8) is 0 Å². The van der Waals surface area contributed by atoms with Crippen LogP contribution in [0.1, 0.15) is 67.2 Å². The molecule has 0 aromatic heterocycles. The Morgan fingerprint density at radius 3 is 2.00 bits per heavy atom. The zero-order chi connectivity index (χ0) is 17.1. The number of aliphatic imine (C=N–C) groups is 2. The van der Waals surface area contributed by atoms with Crippen molar-refractivity contribution >= 4 is 11.7 Å². The molecule has 0 aliphatic carbocycles. The lowest BCUT2D eigenvalue weighted by Gasteiger charge is -2.28. The van der Waals surface area contributed by atoms with Crippen LogP contribution < -0.4 is 0 Å². The molecule has 6 heteroatoms. The first-order chi connectivity index (χ1) is 10.3. The van der Waals surface area contributed by atoms with Gasteiger partial charge in [-0.1, -0.05) is 26.7 Å². The highest BCUT2D eigenvalue weighted by molar-refractivity contribution is 6.39. The molecule has 0 aromatic rings. The quantitative estimate of drug-likeness (QED) is 0.311. The molecule has 0 rings (SSSR count). The summed E-state index contributed by atoms with van der Waals surface area (Å²) in [6.07, 6.45) is 3.79. The second-order valence-electron chi connectivity index (χ2n) is 6.02. The predicted molar refractivity (Wildman–Crippen MR) is 91.9 cm³/mol. The van der Waals surface area contributed by atoms with Gasteiger partial charge in [-0.15, -0.1) is 0 Å². The van der Waals surface area contributed by atoms with Gasteiger partial charge in [0.2, 0.25) is 0 Å². The van der Waals surface area contributed by atoms with Crippen LogP contribution in [-0.4, -0.2) is 57.4 Å². The fourth-order valence-electron chi connectivity index (χ4n) is 1.73. The lowest BCUT2D eigenvalue weighted by Crippen LogP contribution is -2.46. The average molecular weight is 314 g/mol. The minimum Gasteiger partial charge on any atom is -0.287 e. The van der Waals surface area contributed by atoms with E-state index < -0.39 is 0 Å². The van der Waals surface area contributed by atoms with Crippen molar-refractivity contribution < 1.29 is 10.4 Å². The maximum Gasteiger partial charge on any atom is 0.193 e. The Kier molecular flexibility index (Phi) is 10.8. The van der Waals surface area contributed by atoms with Crippen LogP contribution >= 0.6 is 0 Å². The Morgan fingerprint density at radius 1 is 0.955 bits per heavy atom. The molecular weight excluding hydrogens is 280 g/mol. The van der Waals surface area contributed by atoms with Crippen LogP contribution in [0.5, 0.6) is 0 Å². The van der Waals surface area contributed by atoms with Gasteiger partial charge < -0.3 is 0 Å². The molecule has 0 fully saturated rings. The molecule has 0 aliphatic rings. The number of rotatable bonds is 8. The molecule has 22 heavy (non-hydrogen) atoms. The van der Waals surface area contributed by atoms with E-state index in [9.17, 15) is 10.4 Å². The molecule has 0 heterocycles. The summed E-state index contributed by atoms with van der Waals surface area (Å²) in [5, 5.41) is 22.9. The van der Waals surface area contributed by atoms with E-state index in [4.69, 9.17) is 0 Å². The summed E-state index contributed by atoms with van der Waals surface area (Å²) in [7, 11) is 0. The van der Waals surface area contributed by atoms with Gasteiger partial charge in [0, 0.05) is 19.1 Å². The highest BCUT2D eigenvalue weighted by Crippen LogP contribution is 2.06. The zero-order valence-corrected chi connectivity index (χ0v) is 15.1. The number of hydrogen-bond donors (Lipinski definition) is 2. The number of nitrogens with zero attached hydrogens (tertiary/aromatic N) is 4. The van der Waals surface area contributed by atoms with Gasteiger partial charge in [0.15, 0.2) is 11.7 Å². The molecular formula is C16H34N4O2. The number of hydrogen-bond acceptors (Lipinski definition) is 4. The summed E-state index contributed by atoms with van der Waals surface area (Å²) in [5.41, 5.74) is 0. The molecule has 6 nitrogen and oxygen atoms in total. The Balaban J connectivity index is 5.48. The monoisotopic (exact) mass is 314 g/mol. The third-order valence-electron chi connectivity index (χ3n) is 3.03. The van der Waals surface area contributed by atoms with E-state index in [1.165, 1.54) is 0 Å². The van der Waals surface area contributed by atoms with Crippen LogP contribution in [0.15, 0.2) is 9.98 Å². The topological polar surface area (TPSA) is 71.7 Å². The largest absolute Gasteiger partial charge is 0.287 e. The standard InChI is InChI=1S/C16H34N4O2/c1-7-9-11-17-15(19(21)12-10-8-2)16(18-13(3)4)20(22)14(5)6/h13-14,21-22H,7-12H2,1-6H3. The molecule has 0 amide bonds. The smallest absolute Gasteiger partial charge is 0.193 e. The van der Waals surface area contributed by atoms with Gasteiger partial charge in [-0.05, 0) is 40.5 Å². The van der Waals surface area contributed by atoms with Crippen LogP contribution in [0.4, 0.5) is 0 Å². The van der Waals surface area contributed by atoms with Crippen LogP contribution in [-0.2, 0) is 0 Å². The summed E-state index contributed by atoms with van der Waals surface area (Å²) in [6.45, 7) is 12.9. The highest BCUT2D eigenvalue weighted by Gasteiger charge is 2.23. The first-order valence-corrected chi connectivity index (χ1v) is 8.42. The van der Waals surface area contributed by atoms with Gasteiger partial charge in [-0.25, -0.2) is 10.1 Å². The molecule has 0 spiro atoms. The van der Waals surface area contributed by atoms with Crippen molar-refractivity contribution in [3.05, 3.63) is 0 Å². The summed E-state index contributed by atoms with van der Waals surface area (Å²) in [5.74, 6) is 0.687. The van der Waals surface area contributed by atoms with Gasteiger partial charge in [-0.3, -0.25) is 20.4 Å². The highest BCUT2D eigenvalue weighted by atomic mass is 16.5. The van der Waals surface area contributed by atoms with Crippen LogP contribution in [0.25, 0.3) is 0 Å². The summed E-state index contributed by atoms with van der Waals surface area (Å²) < 4.78 is 0. The SMILES string of the molecule is CCCCN=C(C(=NC(C)C)N(O)C(C)C)N(O)CCCC. The van der Waals surface area contributed by atoms with Crippen LogP contribution in [0.2, 0.25) is 0 Å². The third kappa shape index (κ3) is 7.75. The Morgan fingerprint density at radius 2 is 1.55 bits per heavy atom. The molecule has 0 unspecified atom stereocenters. The molecule has 0 atom stereocenters. The minimum atomic E-state index is -0.145. The first kappa shape index (κ1) is 20.9. The Bertz CT molecular complexity index is 354. The molecule has 0 saturated carbocycles. The molecule has 130 valence electrons. The van der Waals surface area contributed by atoms with E-state index in [0.717, 1.165) is 35.8 Å². The van der Waals surface area contributed by atoms with Crippen LogP contribution in [0, 0.1) is 0 Å². The summed E-state index contributed by atoms with van der Waals surface area (Å²) >= 11 is 0. The second-order valence-corrected chi connectivity index (χ2v) is 6.02. The van der Waals surface area contributed by atoms with Crippen molar-refractivity contribution in [2.24, 2.45) is 9.98 Å². The van der Waals surface area contributed by atoms with Gasteiger partial charge in [0.05, 0.1) is 6.04 Å². The number of unbranched alkanes of at least 4 members (excludes halogenated alkanes) is 2. The van der Waals surface area contributed by atoms with E-state index in [0.29, 0.717) is 24.8 Å². The molecule has 0 aliphatic heterocycles. The lowest BCUT2D eigenvalue weighted by molar-refractivity contribution is -0.0478. The fraction of sp³-hybridized carbons (Fsp3) is 0.875. The minimum absolute atomic E-state index is 0.000602. The fourth-order valence-corrected chi connectivity index (χ4v) is 1.73. The van der Waals surface area contributed by atoms with E-state index >= 15 is 0 Å². The van der Waals surface area contributed by atoms with Crippen molar-refractivity contribution in [3.8, 4) is 0 Å². The number of amidine groups is 2. The Hall–Kier alpha value is -1.14. The van der Waals surface area contributed by atoms with E-state index in [1.807, 2.05) is 27.7 Å². The van der Waals surface area contributed by atoms with E-state index in [1.54, 1.807) is 0 Å². The predicted octanol–water partition coefficient (Wildman–Crippen LogP) is 3.58. The van der Waals surface area contributed by atoms with Gasteiger partial charge >= 0.3 is 0 Å². The Labute approximate surface area is 135 Å². The molecule has 0 aromatic carbocycles. The van der Waals surface area contributed by atoms with Gasteiger partial charge in [0.25, 0.3) is 0 Å². The van der Waals surface area contributed by atoms with Crippen molar-refractivity contribution in [2.75, 3.05) is 13.1 Å². The molecule has 0 radical (unpaired) electrons. The first-order valence-electron chi connectivity index (χ1n) is 8.42. The lowest BCUT2D eigenvalue weighted by atomic mass is 10.3. The summed E-state index contributed by atoms with van der Waals surface area (Å²) in [4.78, 5) is 8.95. The second kappa shape index (κ2) is 11.4. The van der Waals surface area contributed by atoms with Crippen LogP contribution in [0.3, 0.4) is 0 Å². The summed E-state index contributed by atoms with van der Waals surface area (Å²) in [6, 6.07) is -0.146. The van der Waals surface area contributed by atoms with Crippen molar-refractivity contribution in [1.82, 2.24) is 10.1 Å². The molecule has 2 N–H and O–H groups in total. The van der Waals surface area contributed by atoms with Gasteiger partial charge in [-0.2, -0.15) is 0 Å². The zero-order valence-electron chi connectivity index (χ0n) is 15.1. The van der Waals surface area contributed by atoms with Gasteiger partial charge in [0.1, 0.15) is 0 Å². The third-order valence-corrected chi connectivity index (χ3v) is 3.03. The van der Waals surface area contributed by atoms with Crippen molar-refractivity contribution in [2.45, 2.75) is 79.3 Å². The van der Waals surface area contributed by atoms with E-state index in [2.05, 4.69) is 23.8 Å². The maximum absolute atomic E-state index is 10.3. The molecule has 0 bridgehead atoms. The normalized spacial score (nSPS) is 13.2. The average Bonchev–Trinajstić information content (AvgIpc) is 2.46. The number of hydroxylamine groups is 4. The van der Waals surface area contributed by atoms with Crippen molar-refractivity contribution in [1.29, 1.82) is 0 Å². The maximum atomic E-state index is 10.3. The van der Waals surface area contributed by atoms with E-state index in [-0.39, 0.29) is 12.1 Å². The molecule has 0 saturated heterocycles.